The molecule has 2 heterocycles. The zero-order valence-corrected chi connectivity index (χ0v) is 18.6. The van der Waals surface area contributed by atoms with E-state index in [9.17, 15) is 14.0 Å². The second kappa shape index (κ2) is 8.22. The molecule has 0 bridgehead atoms. The molecule has 1 fully saturated rings. The van der Waals surface area contributed by atoms with E-state index in [2.05, 4.69) is 11.9 Å². The molecule has 1 aromatic heterocycles. The number of carbonyl (C=O) groups excluding carboxylic acids is 1. The highest BCUT2D eigenvalue weighted by molar-refractivity contribution is 6.42. The predicted octanol–water partition coefficient (Wildman–Crippen LogP) is 4.85. The fraction of sp³-hybridized carbons (Fsp3) is 0.217. The molecule has 2 aromatic carbocycles. The molecule has 3 aromatic rings. The summed E-state index contributed by atoms with van der Waals surface area (Å²) >= 11 is 12.6. The first-order valence-corrected chi connectivity index (χ1v) is 10.5. The molecule has 4 rings (SSSR count). The lowest BCUT2D eigenvalue weighted by atomic mass is 9.87. The van der Waals surface area contributed by atoms with Gasteiger partial charge in [0, 0.05) is 43.0 Å². The molecule has 9 heteroatoms. The van der Waals surface area contributed by atoms with Gasteiger partial charge < -0.3 is 14.8 Å². The Kier molecular flexibility index (Phi) is 5.73. The van der Waals surface area contributed by atoms with Gasteiger partial charge >= 0.3 is 0 Å². The summed E-state index contributed by atoms with van der Waals surface area (Å²) in [5.41, 5.74) is -0.931. The number of halogens is 4. The van der Waals surface area contributed by atoms with Crippen molar-refractivity contribution in [3.05, 3.63) is 86.8 Å². The Bertz CT molecular complexity index is 1320. The van der Waals surface area contributed by atoms with E-state index in [1.165, 1.54) is 42.3 Å². The summed E-state index contributed by atoms with van der Waals surface area (Å²) in [6.07, 6.45) is 2.63. The van der Waals surface area contributed by atoms with Gasteiger partial charge in [-0.05, 0) is 42.8 Å². The second-order valence-electron chi connectivity index (χ2n) is 7.79. The van der Waals surface area contributed by atoms with Crippen molar-refractivity contribution in [3.8, 4) is 0 Å². The monoisotopic (exact) mass is 477 g/mol. The Labute approximate surface area is 192 Å². The zero-order chi connectivity index (χ0) is 23.2. The third kappa shape index (κ3) is 3.65. The lowest BCUT2D eigenvalue weighted by Crippen LogP contribution is -2.41. The van der Waals surface area contributed by atoms with Gasteiger partial charge in [0.1, 0.15) is 11.6 Å². The van der Waals surface area contributed by atoms with E-state index in [0.29, 0.717) is 18.7 Å². The number of amides is 1. The molecule has 32 heavy (non-hydrogen) atoms. The van der Waals surface area contributed by atoms with Crippen LogP contribution in [0.15, 0.2) is 54.0 Å². The quantitative estimate of drug-likeness (QED) is 0.431. The number of hydrogen-bond donors (Lipinski definition) is 1. The van der Waals surface area contributed by atoms with E-state index in [-0.39, 0.29) is 44.4 Å². The highest BCUT2D eigenvalue weighted by atomic mass is 35.5. The molecule has 1 aliphatic heterocycles. The second-order valence-corrected chi connectivity index (χ2v) is 8.58. The number of fused-ring (bicyclic) bond motifs is 1. The van der Waals surface area contributed by atoms with Gasteiger partial charge in [-0.1, -0.05) is 29.8 Å². The number of aryl methyl sites for hydroxylation is 1. The van der Waals surface area contributed by atoms with Crippen LogP contribution in [0.5, 0.6) is 0 Å². The summed E-state index contributed by atoms with van der Waals surface area (Å²) in [6.45, 7) is 3.93. The van der Waals surface area contributed by atoms with E-state index >= 15 is 4.39 Å². The molecular formula is C23H19Cl2F2N3O2. The number of carbonyl (C=O) groups is 1. The van der Waals surface area contributed by atoms with Gasteiger partial charge in [0.2, 0.25) is 5.91 Å². The number of hydrogen-bond acceptors (Lipinski definition) is 3. The minimum absolute atomic E-state index is 0.0369. The van der Waals surface area contributed by atoms with Gasteiger partial charge in [-0.15, -0.1) is 0 Å². The van der Waals surface area contributed by atoms with Crippen molar-refractivity contribution >= 4 is 45.6 Å². The highest BCUT2D eigenvalue weighted by Crippen LogP contribution is 2.43. The van der Waals surface area contributed by atoms with E-state index in [1.807, 2.05) is 0 Å². The zero-order valence-electron chi connectivity index (χ0n) is 17.1. The normalized spacial score (nSPS) is 18.2. The van der Waals surface area contributed by atoms with Crippen molar-refractivity contribution < 1.29 is 13.6 Å². The average Bonchev–Trinajstić information content (AvgIpc) is 3.19. The van der Waals surface area contributed by atoms with Gasteiger partial charge in [0.15, 0.2) is 0 Å². The molecule has 1 atom stereocenters. The molecule has 5 nitrogen and oxygen atoms in total. The SMILES string of the molecule is C=CC(=O)N1CC[C@@](Nc2ccc3c(F)cn(C)c(=O)c3c2)(c2c(F)ccc(Cl)c2Cl)C1. The largest absolute Gasteiger partial charge is 0.374 e. The molecule has 0 radical (unpaired) electrons. The smallest absolute Gasteiger partial charge is 0.258 e. The minimum Gasteiger partial charge on any atom is -0.374 e. The first kappa shape index (κ1) is 22.3. The molecule has 0 spiro atoms. The first-order valence-electron chi connectivity index (χ1n) is 9.79. The lowest BCUT2D eigenvalue weighted by Gasteiger charge is -2.33. The van der Waals surface area contributed by atoms with Gasteiger partial charge in [-0.2, -0.15) is 0 Å². The fourth-order valence-corrected chi connectivity index (χ4v) is 4.72. The van der Waals surface area contributed by atoms with Crippen LogP contribution in [0.25, 0.3) is 10.8 Å². The Morgan fingerprint density at radius 3 is 2.66 bits per heavy atom. The predicted molar refractivity (Wildman–Crippen MR) is 122 cm³/mol. The van der Waals surface area contributed by atoms with Crippen molar-refractivity contribution in [1.29, 1.82) is 0 Å². The van der Waals surface area contributed by atoms with E-state index in [4.69, 9.17) is 23.2 Å². The standard InChI is InChI=1S/C23H19Cl2F2N3O2/c1-3-19(31)30-9-8-23(12-30,20-17(26)7-6-16(24)21(20)25)28-13-4-5-14-15(10-13)22(32)29(2)11-18(14)27/h3-7,10-11,28H,1,8-9,12H2,2H3/t23-/m0/s1. The van der Waals surface area contributed by atoms with Crippen LogP contribution in [-0.2, 0) is 17.4 Å². The van der Waals surface area contributed by atoms with Gasteiger partial charge in [-0.3, -0.25) is 9.59 Å². The Hall–Kier alpha value is -2.90. The number of anilines is 1. The first-order chi connectivity index (χ1) is 15.2. The third-order valence-corrected chi connectivity index (χ3v) is 6.60. The van der Waals surface area contributed by atoms with Crippen LogP contribution < -0.4 is 10.9 Å². The molecule has 1 saturated heterocycles. The number of likely N-dealkylation sites (tertiary alicyclic amines) is 1. The van der Waals surface area contributed by atoms with Crippen LogP contribution >= 0.6 is 23.2 Å². The Morgan fingerprint density at radius 2 is 1.94 bits per heavy atom. The van der Waals surface area contributed by atoms with Crippen LogP contribution in [0.1, 0.15) is 12.0 Å². The molecule has 166 valence electrons. The maximum Gasteiger partial charge on any atom is 0.258 e. The van der Waals surface area contributed by atoms with Crippen molar-refractivity contribution in [1.82, 2.24) is 9.47 Å². The maximum absolute atomic E-state index is 15.1. The van der Waals surface area contributed by atoms with Crippen molar-refractivity contribution in [2.75, 3.05) is 18.4 Å². The molecule has 1 aliphatic rings. The van der Waals surface area contributed by atoms with E-state index in [1.54, 1.807) is 6.07 Å². The molecular weight excluding hydrogens is 459 g/mol. The summed E-state index contributed by atoms with van der Waals surface area (Å²) in [7, 11) is 1.46. The molecule has 1 N–H and O–H groups in total. The van der Waals surface area contributed by atoms with Crippen LogP contribution in [0.2, 0.25) is 10.0 Å². The van der Waals surface area contributed by atoms with E-state index < -0.39 is 17.2 Å². The number of rotatable bonds is 4. The number of pyridine rings is 1. The number of benzene rings is 2. The summed E-state index contributed by atoms with van der Waals surface area (Å²) in [5.74, 6) is -1.42. The lowest BCUT2D eigenvalue weighted by molar-refractivity contribution is -0.125. The fourth-order valence-electron chi connectivity index (χ4n) is 4.23. The molecule has 0 aliphatic carbocycles. The Balaban J connectivity index is 1.87. The van der Waals surface area contributed by atoms with Gasteiger partial charge in [0.05, 0.1) is 21.0 Å². The number of nitrogens with zero attached hydrogens (tertiary/aromatic N) is 2. The van der Waals surface area contributed by atoms with Crippen LogP contribution in [-0.4, -0.2) is 28.5 Å². The van der Waals surface area contributed by atoms with E-state index in [0.717, 1.165) is 10.8 Å². The third-order valence-electron chi connectivity index (χ3n) is 5.80. The topological polar surface area (TPSA) is 54.3 Å². The average molecular weight is 478 g/mol. The van der Waals surface area contributed by atoms with Crippen LogP contribution in [0, 0.1) is 11.6 Å². The highest BCUT2D eigenvalue weighted by Gasteiger charge is 2.44. The van der Waals surface area contributed by atoms with Crippen molar-refractivity contribution in [2.24, 2.45) is 7.05 Å². The van der Waals surface area contributed by atoms with Crippen LogP contribution in [0.3, 0.4) is 0 Å². The maximum atomic E-state index is 15.1. The Morgan fingerprint density at radius 1 is 1.19 bits per heavy atom. The van der Waals surface area contributed by atoms with Crippen molar-refractivity contribution in [3.63, 3.8) is 0 Å². The molecule has 0 unspecified atom stereocenters. The van der Waals surface area contributed by atoms with Crippen molar-refractivity contribution in [2.45, 2.75) is 12.0 Å². The summed E-state index contributed by atoms with van der Waals surface area (Å²) in [6, 6.07) is 7.18. The van der Waals surface area contributed by atoms with Gasteiger partial charge in [0.25, 0.3) is 5.56 Å². The van der Waals surface area contributed by atoms with Crippen LogP contribution in [0.4, 0.5) is 14.5 Å². The minimum atomic E-state index is -1.13. The number of nitrogens with one attached hydrogen (secondary N) is 1. The summed E-state index contributed by atoms with van der Waals surface area (Å²) < 4.78 is 30.5. The number of aromatic nitrogens is 1. The summed E-state index contributed by atoms with van der Waals surface area (Å²) in [5, 5.41) is 3.82. The summed E-state index contributed by atoms with van der Waals surface area (Å²) in [4.78, 5) is 26.3. The van der Waals surface area contributed by atoms with Gasteiger partial charge in [-0.25, -0.2) is 8.78 Å². The molecule has 1 amide bonds. The molecule has 0 saturated carbocycles.